The molecule has 0 amide bonds. The first-order valence-corrected chi connectivity index (χ1v) is 22.9. The molecular weight excluding hydrogens is 585 g/mol. The van der Waals surface area contributed by atoms with E-state index in [1.165, 1.54) is 167 Å². The molecule has 0 fully saturated rings. The number of quaternary nitrogens is 1. The van der Waals surface area contributed by atoms with Crippen molar-refractivity contribution in [3.05, 3.63) is 0 Å². The van der Waals surface area contributed by atoms with Crippen LogP contribution >= 0.6 is 7.75 Å². The van der Waals surface area contributed by atoms with Gasteiger partial charge in [-0.15, -0.1) is 0 Å². The van der Waals surface area contributed by atoms with Crippen molar-refractivity contribution in [1.29, 1.82) is 0 Å². The van der Waals surface area contributed by atoms with E-state index in [4.69, 9.17) is 0 Å². The predicted octanol–water partition coefficient (Wildman–Crippen LogP) is 14.6. The molecule has 0 aromatic heterocycles. The third-order valence-electron chi connectivity index (χ3n) is 10.8. The molecule has 0 heterocycles. The van der Waals surface area contributed by atoms with Crippen LogP contribution in [0.15, 0.2) is 0 Å². The second-order valence-electron chi connectivity index (χ2n) is 15.1. The zero-order valence-electron chi connectivity index (χ0n) is 32.2. The Morgan fingerprint density at radius 2 is 0.587 bits per heavy atom. The van der Waals surface area contributed by atoms with Crippen molar-refractivity contribution in [2.24, 2.45) is 0 Å². The second-order valence-corrected chi connectivity index (χ2v) is 16.9. The van der Waals surface area contributed by atoms with Gasteiger partial charge in [0, 0.05) is 0 Å². The summed E-state index contributed by atoms with van der Waals surface area (Å²) in [4.78, 5) is 22.4. The predicted molar refractivity (Wildman–Crippen MR) is 206 cm³/mol. The first kappa shape index (κ1) is 46.1. The van der Waals surface area contributed by atoms with Gasteiger partial charge in [-0.3, -0.25) is 9.79 Å². The lowest BCUT2D eigenvalue weighted by atomic mass is 9.97. The number of nitrogens with zero attached hydrogens (tertiary/aromatic N) is 1. The Morgan fingerprint density at radius 3 is 0.826 bits per heavy atom. The fraction of sp³-hybridized carbons (Fsp3) is 1.00. The molecule has 0 aromatic rings. The van der Waals surface area contributed by atoms with Crippen LogP contribution in [0.5, 0.6) is 0 Å². The third-order valence-corrected chi connectivity index (χ3v) is 12.5. The van der Waals surface area contributed by atoms with Crippen molar-refractivity contribution in [1.82, 2.24) is 0 Å². The van der Waals surface area contributed by atoms with Crippen molar-refractivity contribution < 1.29 is 18.6 Å². The number of rotatable bonds is 38. The minimum atomic E-state index is -4.31. The molecule has 0 aliphatic heterocycles. The molecule has 0 bridgehead atoms. The molecule has 4 nitrogen and oxygen atoms in total. The Balaban J connectivity index is 5.40. The van der Waals surface area contributed by atoms with Gasteiger partial charge >= 0.3 is 7.75 Å². The van der Waals surface area contributed by atoms with Crippen LogP contribution in [0.1, 0.15) is 246 Å². The van der Waals surface area contributed by atoms with E-state index in [1.54, 1.807) is 0 Å². The Morgan fingerprint density at radius 1 is 0.370 bits per heavy atom. The van der Waals surface area contributed by atoms with Gasteiger partial charge in [-0.25, -0.2) is 8.82 Å². The van der Waals surface area contributed by atoms with Crippen LogP contribution in [0.25, 0.3) is 0 Å². The van der Waals surface area contributed by atoms with E-state index in [9.17, 15) is 14.4 Å². The van der Waals surface area contributed by atoms with E-state index in [2.05, 4.69) is 27.7 Å². The topological polar surface area (TPSA) is 57.5 Å². The van der Waals surface area contributed by atoms with Gasteiger partial charge in [-0.2, -0.15) is 0 Å². The van der Waals surface area contributed by atoms with Crippen molar-refractivity contribution in [3.63, 3.8) is 0 Å². The molecule has 0 aromatic carbocycles. The number of unbranched alkanes of at least 4 members (excludes halogenated alkanes) is 28. The van der Waals surface area contributed by atoms with Gasteiger partial charge in [-0.1, -0.05) is 195 Å². The van der Waals surface area contributed by atoms with E-state index >= 15 is 0 Å². The van der Waals surface area contributed by atoms with Crippen molar-refractivity contribution in [2.45, 2.75) is 252 Å². The van der Waals surface area contributed by atoms with Crippen molar-refractivity contribution in [2.75, 3.05) is 13.1 Å². The molecular formula is C41H87NO3P+. The fourth-order valence-electron chi connectivity index (χ4n) is 7.64. The summed E-state index contributed by atoms with van der Waals surface area (Å²) in [6, 6.07) is 0.107. The Labute approximate surface area is 290 Å². The minimum absolute atomic E-state index is 0.0882. The third kappa shape index (κ3) is 25.1. The lowest BCUT2D eigenvalue weighted by Gasteiger charge is -2.45. The molecule has 0 atom stereocenters. The molecule has 0 aliphatic rings. The van der Waals surface area contributed by atoms with E-state index in [0.717, 1.165) is 51.4 Å². The van der Waals surface area contributed by atoms with Crippen LogP contribution in [0.3, 0.4) is 0 Å². The highest BCUT2D eigenvalue weighted by Gasteiger charge is 2.50. The Bertz CT molecular complexity index is 612. The molecule has 0 saturated carbocycles. The fourth-order valence-corrected chi connectivity index (χ4v) is 9.10. The highest BCUT2D eigenvalue weighted by Crippen LogP contribution is 2.53. The second kappa shape index (κ2) is 33.6. The Hall–Kier alpha value is 0.110. The summed E-state index contributed by atoms with van der Waals surface area (Å²) in [5.41, 5.74) is 0. The smallest absolute Gasteiger partial charge is 0.279 e. The standard InChI is InChI=1S/C41H86NO3P/c1-5-9-13-17-21-23-25-27-31-35-39-42(46(43,44)45,40-36-32-28-26-24-22-18-14-10-6-2)41(37-33-29-19-15-11-7-3)38-34-30-20-16-12-8-4/h41H,5-40H2,1-4H3,(H-,43,44,45)/p+1. The molecule has 278 valence electrons. The van der Waals surface area contributed by atoms with Gasteiger partial charge in [0.05, 0.1) is 19.1 Å². The average molecular weight is 673 g/mol. The van der Waals surface area contributed by atoms with Crippen LogP contribution in [0.4, 0.5) is 0 Å². The summed E-state index contributed by atoms with van der Waals surface area (Å²) in [7, 11) is -4.31. The molecule has 0 radical (unpaired) electrons. The van der Waals surface area contributed by atoms with Gasteiger partial charge in [0.2, 0.25) is 0 Å². The monoisotopic (exact) mass is 673 g/mol. The summed E-state index contributed by atoms with van der Waals surface area (Å²) in [6.45, 7) is 10.4. The molecule has 0 unspecified atom stereocenters. The maximum absolute atomic E-state index is 13.7. The first-order valence-electron chi connectivity index (χ1n) is 21.3. The molecule has 0 saturated heterocycles. The molecule has 0 aliphatic carbocycles. The van der Waals surface area contributed by atoms with Crippen LogP contribution in [0.2, 0.25) is 0 Å². The molecule has 5 heteroatoms. The minimum Gasteiger partial charge on any atom is -0.279 e. The van der Waals surface area contributed by atoms with Crippen LogP contribution in [-0.2, 0) is 4.57 Å². The highest BCUT2D eigenvalue weighted by molar-refractivity contribution is 7.45. The average Bonchev–Trinajstić information content (AvgIpc) is 3.03. The lowest BCUT2D eigenvalue weighted by Crippen LogP contribution is -2.53. The normalized spacial score (nSPS) is 12.5. The van der Waals surface area contributed by atoms with Gasteiger partial charge in [0.15, 0.2) is 0 Å². The highest BCUT2D eigenvalue weighted by atomic mass is 31.2. The summed E-state index contributed by atoms with van der Waals surface area (Å²) < 4.78 is 13.8. The van der Waals surface area contributed by atoms with Gasteiger partial charge in [0.1, 0.15) is 0 Å². The summed E-state index contributed by atoms with van der Waals surface area (Å²) >= 11 is 0. The SMILES string of the molecule is CCCCCCCCCCCC[N+](CCCCCCCCCCCC)(C(CCCCCCCC)CCCCCCCC)P(=O)(O)O. The maximum Gasteiger partial charge on any atom is 0.526 e. The molecule has 0 spiro atoms. The zero-order valence-corrected chi connectivity index (χ0v) is 33.1. The number of hydrogen-bond donors (Lipinski definition) is 2. The summed E-state index contributed by atoms with van der Waals surface area (Å²) in [5.74, 6) is 0. The zero-order chi connectivity index (χ0) is 34.0. The van der Waals surface area contributed by atoms with E-state index in [1.807, 2.05) is 0 Å². The largest absolute Gasteiger partial charge is 0.526 e. The van der Waals surface area contributed by atoms with Crippen LogP contribution < -0.4 is 0 Å². The van der Waals surface area contributed by atoms with Crippen LogP contribution in [0, 0.1) is 0 Å². The Kier molecular flexibility index (Phi) is 33.7. The van der Waals surface area contributed by atoms with Crippen molar-refractivity contribution in [3.8, 4) is 0 Å². The van der Waals surface area contributed by atoms with E-state index in [0.29, 0.717) is 13.1 Å². The van der Waals surface area contributed by atoms with Gasteiger partial charge in [-0.05, 0) is 51.4 Å². The number of hydrogen-bond acceptors (Lipinski definition) is 1. The van der Waals surface area contributed by atoms with Gasteiger partial charge < -0.3 is 0 Å². The quantitative estimate of drug-likeness (QED) is 0.0507. The summed E-state index contributed by atoms with van der Waals surface area (Å²) in [6.07, 6.45) is 42.2. The van der Waals surface area contributed by atoms with E-state index in [-0.39, 0.29) is 10.3 Å². The molecule has 0 rings (SSSR count). The lowest BCUT2D eigenvalue weighted by molar-refractivity contribution is -0.851. The maximum atomic E-state index is 13.7. The van der Waals surface area contributed by atoms with Gasteiger partial charge in [0.25, 0.3) is 0 Å². The van der Waals surface area contributed by atoms with Crippen LogP contribution in [-0.4, -0.2) is 33.2 Å². The summed E-state index contributed by atoms with van der Waals surface area (Å²) in [5, 5.41) is 0. The van der Waals surface area contributed by atoms with E-state index < -0.39 is 7.75 Å². The van der Waals surface area contributed by atoms with Crippen molar-refractivity contribution >= 4 is 7.75 Å². The molecule has 46 heavy (non-hydrogen) atoms. The first-order chi connectivity index (χ1) is 22.4. The molecule has 2 N–H and O–H groups in total.